The van der Waals surface area contributed by atoms with Gasteiger partial charge in [0.1, 0.15) is 0 Å². The van der Waals surface area contributed by atoms with Gasteiger partial charge in [0, 0.05) is 0 Å². The summed E-state index contributed by atoms with van der Waals surface area (Å²) in [5.41, 5.74) is -0.231. The Morgan fingerprint density at radius 3 is 1.50 bits per heavy atom. The predicted molar refractivity (Wildman–Crippen MR) is 192 cm³/mol. The van der Waals surface area contributed by atoms with Crippen molar-refractivity contribution in [2.24, 2.45) is 5.92 Å². The van der Waals surface area contributed by atoms with Gasteiger partial charge in [-0.1, -0.05) is 0 Å². The first kappa shape index (κ1) is 39.3. The molecule has 0 fully saturated rings. The van der Waals surface area contributed by atoms with Crippen LogP contribution < -0.4 is 5.32 Å². The molecule has 2 atom stereocenters. The van der Waals surface area contributed by atoms with Crippen molar-refractivity contribution in [3.05, 3.63) is 108 Å². The van der Waals surface area contributed by atoms with Crippen LogP contribution in [0.5, 0.6) is 0 Å². The Morgan fingerprint density at radius 1 is 0.792 bits per heavy atom. The van der Waals surface area contributed by atoms with Crippen molar-refractivity contribution in [3.8, 4) is 6.07 Å². The van der Waals surface area contributed by atoms with Crippen LogP contribution in [0.3, 0.4) is 0 Å². The molecule has 262 valence electrons. The zero-order valence-corrected chi connectivity index (χ0v) is 30.5. The average molecular weight is 680 g/mol. The Balaban J connectivity index is 2.38. The van der Waals surface area contributed by atoms with Crippen LogP contribution in [-0.4, -0.2) is 82.0 Å². The van der Waals surface area contributed by atoms with E-state index in [-0.39, 0.29) is 31.0 Å². The molecule has 3 aromatic carbocycles. The molecule has 3 aromatic rings. The molecule has 0 aliphatic rings. The van der Waals surface area contributed by atoms with Gasteiger partial charge in [-0.3, -0.25) is 0 Å². The molecule has 0 bridgehead atoms. The normalized spacial score (nSPS) is 14.8. The van der Waals surface area contributed by atoms with Gasteiger partial charge in [0.2, 0.25) is 0 Å². The zero-order chi connectivity index (χ0) is 35.8. The number of amides is 1. The maximum absolute atomic E-state index is 12.9. The first-order valence-corrected chi connectivity index (χ1v) is 18.9. The first-order chi connectivity index (χ1) is 22.6. The van der Waals surface area contributed by atoms with E-state index in [9.17, 15) is 24.7 Å². The number of hydrogen-bond donors (Lipinski definition) is 4. The van der Waals surface area contributed by atoms with Crippen molar-refractivity contribution in [1.29, 1.82) is 5.26 Å². The van der Waals surface area contributed by atoms with Crippen molar-refractivity contribution < 1.29 is 28.9 Å². The molecule has 0 aromatic heterocycles. The summed E-state index contributed by atoms with van der Waals surface area (Å²) in [5.74, 6) is -2.42. The molecule has 10 heteroatoms. The molecule has 3 rings (SSSR count). The Labute approximate surface area is 286 Å². The van der Waals surface area contributed by atoms with Crippen molar-refractivity contribution >= 4 is 13.2 Å². The number of nitrogens with one attached hydrogen (secondary N) is 1. The summed E-state index contributed by atoms with van der Waals surface area (Å²) in [6.45, 7) is 10.8. The summed E-state index contributed by atoms with van der Waals surface area (Å²) in [7, 11) is -2.86. The van der Waals surface area contributed by atoms with Gasteiger partial charge in [0.05, 0.1) is 0 Å². The molecule has 0 aliphatic carbocycles. The molecule has 4 N–H and O–H groups in total. The Bertz CT molecular complexity index is 1380. The molecule has 0 spiro atoms. The molecule has 2 unspecified atom stereocenters. The van der Waals surface area contributed by atoms with E-state index in [0.29, 0.717) is 0 Å². The van der Waals surface area contributed by atoms with Crippen LogP contribution in [0.2, 0.25) is 0 Å². The molecule has 0 radical (unpaired) electrons. The van der Waals surface area contributed by atoms with Crippen LogP contribution in [0.25, 0.3) is 0 Å². The van der Waals surface area contributed by atoms with Gasteiger partial charge < -0.3 is 0 Å². The van der Waals surface area contributed by atoms with Crippen LogP contribution in [-0.2, 0) is 19.7 Å². The molecular formula is C38H54N3O6P. The number of carbonyl (C=O) groups is 1. The molecular weight excluding hydrogens is 625 g/mol. The van der Waals surface area contributed by atoms with E-state index >= 15 is 0 Å². The fourth-order valence-corrected chi connectivity index (χ4v) is 9.42. The number of ether oxygens (including phenoxy) is 2. The van der Waals surface area contributed by atoms with E-state index in [2.05, 4.69) is 11.4 Å². The first-order valence-electron chi connectivity index (χ1n) is 16.6. The number of nitrogens with zero attached hydrogens (tertiary/aromatic N) is 2. The minimum absolute atomic E-state index is 0.125. The number of carbonyl (C=O) groups excluding carboxylic acids is 1. The summed E-state index contributed by atoms with van der Waals surface area (Å²) in [4.78, 5) is 51.5. The second kappa shape index (κ2) is 16.0. The van der Waals surface area contributed by atoms with E-state index in [1.165, 1.54) is 14.2 Å². The number of methoxy groups -OCH3 is 2. The summed E-state index contributed by atoms with van der Waals surface area (Å²) >= 11 is 0. The fraction of sp³-hybridized carbons (Fsp3) is 0.474. The monoisotopic (exact) mass is 679 g/mol. The van der Waals surface area contributed by atoms with Crippen LogP contribution in [0.1, 0.15) is 64.7 Å². The number of rotatable bonds is 17. The summed E-state index contributed by atoms with van der Waals surface area (Å²) in [6.07, 6.45) is -0.904. The van der Waals surface area contributed by atoms with E-state index in [1.54, 1.807) is 13.8 Å². The Kier molecular flexibility index (Phi) is 13.1. The summed E-state index contributed by atoms with van der Waals surface area (Å²) in [5, 5.41) is 13.1. The second-order valence-electron chi connectivity index (χ2n) is 13.5. The van der Waals surface area contributed by atoms with Gasteiger partial charge in [0.25, 0.3) is 0 Å². The number of hydrogen-bond acceptors (Lipinski definition) is 8. The zero-order valence-electron chi connectivity index (χ0n) is 29.6. The third-order valence-corrected chi connectivity index (χ3v) is 12.3. The third kappa shape index (κ3) is 8.15. The average Bonchev–Trinajstić information content (AvgIpc) is 3.06. The van der Waals surface area contributed by atoms with Gasteiger partial charge >= 0.3 is 287 Å². The van der Waals surface area contributed by atoms with E-state index in [0.717, 1.165) is 16.7 Å². The van der Waals surface area contributed by atoms with Gasteiger partial charge in [0.15, 0.2) is 0 Å². The Morgan fingerprint density at radius 2 is 1.19 bits per heavy atom. The topological polar surface area (TPSA) is 135 Å². The van der Waals surface area contributed by atoms with Crippen LogP contribution in [0.15, 0.2) is 91.0 Å². The molecule has 0 heterocycles. The van der Waals surface area contributed by atoms with Crippen molar-refractivity contribution in [2.75, 3.05) is 26.9 Å². The summed E-state index contributed by atoms with van der Waals surface area (Å²) < 4.78 is 12.9. The van der Waals surface area contributed by atoms with Crippen molar-refractivity contribution in [3.63, 3.8) is 0 Å². The van der Waals surface area contributed by atoms with Gasteiger partial charge in [-0.15, -0.1) is 0 Å². The fourth-order valence-electron chi connectivity index (χ4n) is 7.11. The minimum atomic E-state index is -5.85. The van der Waals surface area contributed by atoms with Crippen LogP contribution in [0, 0.1) is 17.2 Å². The molecule has 0 aliphatic heterocycles. The van der Waals surface area contributed by atoms with Gasteiger partial charge in [-0.05, 0) is 0 Å². The van der Waals surface area contributed by atoms with Crippen LogP contribution in [0.4, 0.5) is 0 Å². The molecule has 0 saturated carbocycles. The van der Waals surface area contributed by atoms with Gasteiger partial charge in [-0.25, -0.2) is 0 Å². The second-order valence-corrected chi connectivity index (χ2v) is 17.0. The van der Waals surface area contributed by atoms with Crippen molar-refractivity contribution in [2.45, 2.75) is 82.9 Å². The standard InChI is InChI=1S/C38H54N3O6P/c1-28(2)36(42)40-26-35(48(43,44,45)27-34(25-39)41(29(3)4)30(5)6)24-37(46-7,47-8)38(31-18-12-9-13-19-31,32-20-14-10-15-21-32)33-22-16-11-17-23-33/h9-23,28-30,34-35,43-45H,24,26-27H2,1-8H3,(H,40,42). The van der Waals surface area contributed by atoms with E-state index in [4.69, 9.17) is 9.47 Å². The predicted octanol–water partition coefficient (Wildman–Crippen LogP) is 5.83. The van der Waals surface area contributed by atoms with Crippen molar-refractivity contribution in [1.82, 2.24) is 10.2 Å². The Hall–Kier alpha value is -3.19. The quantitative estimate of drug-likeness (QED) is 0.0796. The number of nitriles is 1. The molecule has 48 heavy (non-hydrogen) atoms. The third-order valence-electron chi connectivity index (χ3n) is 9.36. The molecule has 9 nitrogen and oxygen atoms in total. The van der Waals surface area contributed by atoms with E-state index < -0.39 is 42.3 Å². The summed E-state index contributed by atoms with van der Waals surface area (Å²) in [6, 6.07) is 30.0. The van der Waals surface area contributed by atoms with E-state index in [1.807, 2.05) is 124 Å². The maximum atomic E-state index is 12.9. The van der Waals surface area contributed by atoms with Crippen LogP contribution >= 0.6 is 7.28 Å². The SMILES string of the molecule is COC(CC(CNC(=O)C(C)C)P(O)(O)(O)CC(C#N)N(C(C)C)C(C)C)(OC)C(c1ccccc1)(c1ccccc1)c1ccccc1. The molecule has 1 amide bonds. The van der Waals surface area contributed by atoms with Gasteiger partial charge in [-0.2, -0.15) is 0 Å². The number of benzene rings is 3. The molecule has 0 saturated heterocycles.